The van der Waals surface area contributed by atoms with Gasteiger partial charge in [0.1, 0.15) is 5.76 Å². The number of nitro benzene ring substituents is 1. The SMILES string of the molecule is CCc1ccc(C2/C(=C(/O)c3ccc([N+](=O)[O-])cc3)C(=O)C(=O)N2CCOC(C)C)cc1. The fourth-order valence-corrected chi connectivity index (χ4v) is 3.68. The van der Waals surface area contributed by atoms with E-state index in [1.54, 1.807) is 0 Å². The van der Waals surface area contributed by atoms with Crippen molar-refractivity contribution in [2.75, 3.05) is 13.2 Å². The number of Topliss-reactive ketones (excluding diaryl/α,β-unsaturated/α-hetero) is 1. The van der Waals surface area contributed by atoms with Crippen molar-refractivity contribution in [1.82, 2.24) is 4.90 Å². The minimum Gasteiger partial charge on any atom is -0.507 e. The molecule has 1 amide bonds. The number of nitrogens with zero attached hydrogens (tertiary/aromatic N) is 2. The van der Waals surface area contributed by atoms with Gasteiger partial charge in [0.05, 0.1) is 29.2 Å². The zero-order valence-electron chi connectivity index (χ0n) is 18.3. The monoisotopic (exact) mass is 438 g/mol. The Labute approximate surface area is 186 Å². The van der Waals surface area contributed by atoms with E-state index in [0.717, 1.165) is 12.0 Å². The Morgan fingerprint density at radius 1 is 1.12 bits per heavy atom. The summed E-state index contributed by atoms with van der Waals surface area (Å²) in [5.41, 5.74) is 1.83. The summed E-state index contributed by atoms with van der Waals surface area (Å²) in [6, 6.07) is 12.0. The van der Waals surface area contributed by atoms with Gasteiger partial charge < -0.3 is 14.7 Å². The lowest BCUT2D eigenvalue weighted by molar-refractivity contribution is -0.384. The van der Waals surface area contributed by atoms with Crippen molar-refractivity contribution in [1.29, 1.82) is 0 Å². The molecule has 1 heterocycles. The van der Waals surface area contributed by atoms with Crippen molar-refractivity contribution in [2.24, 2.45) is 0 Å². The second kappa shape index (κ2) is 9.74. The smallest absolute Gasteiger partial charge is 0.295 e. The molecule has 2 aromatic carbocycles. The topological polar surface area (TPSA) is 110 Å². The molecule has 2 aromatic rings. The molecule has 32 heavy (non-hydrogen) atoms. The van der Waals surface area contributed by atoms with Gasteiger partial charge >= 0.3 is 0 Å². The molecule has 0 aliphatic carbocycles. The van der Waals surface area contributed by atoms with Crippen LogP contribution in [0.1, 0.15) is 43.5 Å². The number of benzene rings is 2. The number of hydrogen-bond donors (Lipinski definition) is 1. The van der Waals surface area contributed by atoms with E-state index in [1.165, 1.54) is 29.2 Å². The minimum absolute atomic E-state index is 0.0331. The molecule has 1 fully saturated rings. The van der Waals surface area contributed by atoms with Crippen LogP contribution in [0.25, 0.3) is 5.76 Å². The van der Waals surface area contributed by atoms with Crippen LogP contribution in [-0.4, -0.2) is 45.9 Å². The fraction of sp³-hybridized carbons (Fsp3) is 0.333. The maximum atomic E-state index is 13.0. The molecule has 0 spiro atoms. The lowest BCUT2D eigenvalue weighted by Crippen LogP contribution is -2.33. The lowest BCUT2D eigenvalue weighted by atomic mass is 9.94. The van der Waals surface area contributed by atoms with Crippen LogP contribution in [0, 0.1) is 10.1 Å². The number of hydrogen-bond acceptors (Lipinski definition) is 6. The number of nitro groups is 1. The largest absolute Gasteiger partial charge is 0.507 e. The number of carbonyl (C=O) groups excluding carboxylic acids is 2. The average molecular weight is 438 g/mol. The molecule has 1 N–H and O–H groups in total. The highest BCUT2D eigenvalue weighted by atomic mass is 16.6. The summed E-state index contributed by atoms with van der Waals surface area (Å²) in [5.74, 6) is -1.88. The third kappa shape index (κ3) is 4.70. The van der Waals surface area contributed by atoms with Gasteiger partial charge in [0.25, 0.3) is 17.4 Å². The summed E-state index contributed by atoms with van der Waals surface area (Å²) in [5, 5.41) is 21.9. The van der Waals surface area contributed by atoms with Crippen LogP contribution in [0.4, 0.5) is 5.69 Å². The van der Waals surface area contributed by atoms with Crippen LogP contribution >= 0.6 is 0 Å². The predicted octanol–water partition coefficient (Wildman–Crippen LogP) is 4.00. The molecule has 8 heteroatoms. The van der Waals surface area contributed by atoms with Crippen molar-refractivity contribution in [2.45, 2.75) is 39.3 Å². The lowest BCUT2D eigenvalue weighted by Gasteiger charge is -2.25. The van der Waals surface area contributed by atoms with E-state index in [9.17, 15) is 24.8 Å². The van der Waals surface area contributed by atoms with Crippen LogP contribution in [0.15, 0.2) is 54.1 Å². The summed E-state index contributed by atoms with van der Waals surface area (Å²) in [4.78, 5) is 37.6. The number of rotatable bonds is 8. The Balaban J connectivity index is 2.07. The predicted molar refractivity (Wildman–Crippen MR) is 119 cm³/mol. The van der Waals surface area contributed by atoms with Gasteiger partial charge in [-0.3, -0.25) is 19.7 Å². The Morgan fingerprint density at radius 2 is 1.75 bits per heavy atom. The van der Waals surface area contributed by atoms with Crippen LogP contribution < -0.4 is 0 Å². The molecular formula is C24H26N2O6. The van der Waals surface area contributed by atoms with Crippen LogP contribution in [0.5, 0.6) is 0 Å². The maximum Gasteiger partial charge on any atom is 0.295 e. The molecule has 1 atom stereocenters. The standard InChI is InChI=1S/C24H26N2O6/c1-4-16-5-7-17(8-6-16)21-20(22(27)18-9-11-19(12-10-18)26(30)31)23(28)24(29)25(21)13-14-32-15(2)3/h5-12,15,21,27H,4,13-14H2,1-3H3/b22-20-. The first-order valence-electron chi connectivity index (χ1n) is 10.5. The summed E-state index contributed by atoms with van der Waals surface area (Å²) in [6.45, 7) is 6.21. The molecule has 0 aromatic heterocycles. The number of carbonyl (C=O) groups is 2. The van der Waals surface area contributed by atoms with E-state index in [0.29, 0.717) is 5.56 Å². The minimum atomic E-state index is -0.796. The molecule has 0 saturated carbocycles. The van der Waals surface area contributed by atoms with Crippen molar-refractivity contribution in [3.63, 3.8) is 0 Å². The molecule has 3 rings (SSSR count). The Hall–Kier alpha value is -3.52. The molecule has 1 unspecified atom stereocenters. The van der Waals surface area contributed by atoms with Gasteiger partial charge in [-0.1, -0.05) is 31.2 Å². The second-order valence-corrected chi connectivity index (χ2v) is 7.81. The van der Waals surface area contributed by atoms with Crippen molar-refractivity contribution >= 4 is 23.1 Å². The van der Waals surface area contributed by atoms with E-state index < -0.39 is 22.7 Å². The highest BCUT2D eigenvalue weighted by molar-refractivity contribution is 6.46. The number of ether oxygens (including phenoxy) is 1. The quantitative estimate of drug-likeness (QED) is 0.219. The number of likely N-dealkylation sites (tertiary alicyclic amines) is 1. The molecule has 1 saturated heterocycles. The first kappa shape index (κ1) is 23.1. The van der Waals surface area contributed by atoms with Crippen LogP contribution in [0.2, 0.25) is 0 Å². The van der Waals surface area contributed by atoms with E-state index in [1.807, 2.05) is 45.0 Å². The highest BCUT2D eigenvalue weighted by Crippen LogP contribution is 2.39. The Morgan fingerprint density at radius 3 is 2.28 bits per heavy atom. The number of aryl methyl sites for hydroxylation is 1. The highest BCUT2D eigenvalue weighted by Gasteiger charge is 2.45. The van der Waals surface area contributed by atoms with E-state index in [-0.39, 0.29) is 41.8 Å². The number of aliphatic hydroxyl groups excluding tert-OH is 1. The summed E-state index contributed by atoms with van der Waals surface area (Å²) >= 11 is 0. The van der Waals surface area contributed by atoms with Crippen molar-refractivity contribution in [3.8, 4) is 0 Å². The van der Waals surface area contributed by atoms with Crippen molar-refractivity contribution < 1.29 is 24.4 Å². The first-order valence-corrected chi connectivity index (χ1v) is 10.5. The van der Waals surface area contributed by atoms with Gasteiger partial charge in [0.2, 0.25) is 0 Å². The average Bonchev–Trinajstić information content (AvgIpc) is 3.03. The number of ketones is 1. The Kier molecular flexibility index (Phi) is 7.05. The van der Waals surface area contributed by atoms with E-state index >= 15 is 0 Å². The summed E-state index contributed by atoms with van der Waals surface area (Å²) in [6.07, 6.45) is 0.806. The fourth-order valence-electron chi connectivity index (χ4n) is 3.68. The number of amides is 1. The zero-order chi connectivity index (χ0) is 23.4. The third-order valence-electron chi connectivity index (χ3n) is 5.38. The van der Waals surface area contributed by atoms with Gasteiger partial charge in [-0.15, -0.1) is 0 Å². The molecule has 168 valence electrons. The third-order valence-corrected chi connectivity index (χ3v) is 5.38. The number of aliphatic hydroxyl groups is 1. The molecule has 0 bridgehead atoms. The first-order chi connectivity index (χ1) is 15.2. The van der Waals surface area contributed by atoms with E-state index in [2.05, 4.69) is 0 Å². The molecule has 1 aliphatic rings. The maximum absolute atomic E-state index is 13.0. The summed E-state index contributed by atoms with van der Waals surface area (Å²) < 4.78 is 5.58. The zero-order valence-corrected chi connectivity index (χ0v) is 18.3. The second-order valence-electron chi connectivity index (χ2n) is 7.81. The summed E-state index contributed by atoms with van der Waals surface area (Å²) in [7, 11) is 0. The van der Waals surface area contributed by atoms with Gasteiger partial charge in [0.15, 0.2) is 0 Å². The van der Waals surface area contributed by atoms with Crippen LogP contribution in [-0.2, 0) is 20.7 Å². The van der Waals surface area contributed by atoms with Crippen molar-refractivity contribution in [3.05, 3.63) is 80.9 Å². The number of non-ortho nitro benzene ring substituents is 1. The van der Waals surface area contributed by atoms with Gasteiger partial charge in [0, 0.05) is 24.2 Å². The molecular weight excluding hydrogens is 412 g/mol. The Bertz CT molecular complexity index is 1040. The van der Waals surface area contributed by atoms with Gasteiger partial charge in [-0.2, -0.15) is 0 Å². The van der Waals surface area contributed by atoms with Crippen LogP contribution in [0.3, 0.4) is 0 Å². The van der Waals surface area contributed by atoms with E-state index in [4.69, 9.17) is 4.74 Å². The van der Waals surface area contributed by atoms with Gasteiger partial charge in [-0.25, -0.2) is 0 Å². The normalized spacial score (nSPS) is 17.9. The molecule has 8 nitrogen and oxygen atoms in total. The molecule has 1 aliphatic heterocycles. The van der Waals surface area contributed by atoms with Gasteiger partial charge in [-0.05, 0) is 43.5 Å². The molecule has 0 radical (unpaired) electrons.